The molecule has 2 rings (SSSR count). The SMILES string of the molecule is CC(Br)(C(=O)c1ccccc1)C(C(CC(Br)C(=O)c1ccccc1)OC=S)S(C)(=O)=O. The second-order valence-corrected chi connectivity index (χ2v) is 12.3. The van der Waals surface area contributed by atoms with Crippen molar-refractivity contribution in [3.05, 3.63) is 71.8 Å². The molecule has 0 heterocycles. The van der Waals surface area contributed by atoms with E-state index in [2.05, 4.69) is 31.9 Å². The Kier molecular flexibility index (Phi) is 9.12. The third-order valence-corrected chi connectivity index (χ3v) is 8.58. The molecule has 2 aromatic carbocycles. The standard InChI is InChI=1S/C22H22Br2O5S2/c1-22(24,20(26)16-11-7-4-8-12-16)21(31(2,27)28)18(29-14-30)13-17(23)19(25)15-9-5-3-6-10-15/h3-12,14,17-18,21H,13H2,1-2H3. The second-order valence-electron chi connectivity index (χ2n) is 7.23. The van der Waals surface area contributed by atoms with Crippen LogP contribution < -0.4 is 0 Å². The van der Waals surface area contributed by atoms with Crippen LogP contribution in [-0.4, -0.2) is 52.3 Å². The Morgan fingerprint density at radius 3 is 2.00 bits per heavy atom. The molecule has 0 fully saturated rings. The van der Waals surface area contributed by atoms with Gasteiger partial charge in [0.15, 0.2) is 21.4 Å². The third-order valence-electron chi connectivity index (χ3n) is 4.83. The Bertz CT molecular complexity index is 1020. The van der Waals surface area contributed by atoms with Crippen molar-refractivity contribution in [3.8, 4) is 0 Å². The minimum Gasteiger partial charge on any atom is -0.485 e. The van der Waals surface area contributed by atoms with E-state index in [9.17, 15) is 18.0 Å². The quantitative estimate of drug-likeness (QED) is 0.213. The maximum atomic E-state index is 13.2. The number of carbonyl (C=O) groups excluding carboxylic acids is 2. The summed E-state index contributed by atoms with van der Waals surface area (Å²) in [5.41, 5.74) is 1.79. The van der Waals surface area contributed by atoms with Crippen LogP contribution in [0.25, 0.3) is 0 Å². The number of benzene rings is 2. The smallest absolute Gasteiger partial charge is 0.180 e. The van der Waals surface area contributed by atoms with Crippen molar-refractivity contribution in [2.75, 3.05) is 6.26 Å². The monoisotopic (exact) mass is 588 g/mol. The van der Waals surface area contributed by atoms with Gasteiger partial charge in [-0.15, -0.1) is 0 Å². The Hall–Kier alpha value is -1.42. The summed E-state index contributed by atoms with van der Waals surface area (Å²) in [7, 11) is -3.82. The minimum absolute atomic E-state index is 0.0120. The Morgan fingerprint density at radius 2 is 1.55 bits per heavy atom. The summed E-state index contributed by atoms with van der Waals surface area (Å²) in [6.07, 6.45) is -0.0270. The normalized spacial score (nSPS) is 16.4. The van der Waals surface area contributed by atoms with Crippen LogP contribution in [-0.2, 0) is 14.6 Å². The van der Waals surface area contributed by atoms with Gasteiger partial charge in [0, 0.05) is 23.8 Å². The van der Waals surface area contributed by atoms with E-state index in [1.165, 1.54) is 6.92 Å². The summed E-state index contributed by atoms with van der Waals surface area (Å²) in [5.74, 6) is -0.640. The number of sulfone groups is 1. The van der Waals surface area contributed by atoms with Gasteiger partial charge in [-0.25, -0.2) is 8.42 Å². The average Bonchev–Trinajstić information content (AvgIpc) is 2.72. The maximum Gasteiger partial charge on any atom is 0.180 e. The molecule has 0 aromatic heterocycles. The Labute approximate surface area is 204 Å². The van der Waals surface area contributed by atoms with E-state index in [0.717, 1.165) is 11.8 Å². The summed E-state index contributed by atoms with van der Waals surface area (Å²) in [4.78, 5) is 25.3. The molecule has 31 heavy (non-hydrogen) atoms. The molecule has 0 amide bonds. The first kappa shape index (κ1) is 25.8. The van der Waals surface area contributed by atoms with Gasteiger partial charge in [0.25, 0.3) is 0 Å². The first-order chi connectivity index (χ1) is 14.5. The van der Waals surface area contributed by atoms with Gasteiger partial charge in [0.1, 0.15) is 21.2 Å². The highest BCUT2D eigenvalue weighted by molar-refractivity contribution is 9.10. The molecule has 2 aromatic rings. The molecule has 4 unspecified atom stereocenters. The first-order valence-electron chi connectivity index (χ1n) is 9.30. The molecule has 0 saturated carbocycles. The number of halogens is 2. The van der Waals surface area contributed by atoms with Gasteiger partial charge in [-0.05, 0) is 19.1 Å². The summed E-state index contributed by atoms with van der Waals surface area (Å²) in [6, 6.07) is 17.0. The lowest BCUT2D eigenvalue weighted by atomic mass is 9.90. The highest BCUT2D eigenvalue weighted by atomic mass is 79.9. The minimum atomic E-state index is -3.82. The van der Waals surface area contributed by atoms with Crippen LogP contribution in [0.2, 0.25) is 0 Å². The molecule has 0 aliphatic carbocycles. The predicted molar refractivity (Wildman–Crippen MR) is 133 cm³/mol. The number of ketones is 2. The molecular weight excluding hydrogens is 568 g/mol. The number of thiocarbonyl (C=S) groups is 1. The van der Waals surface area contributed by atoms with Gasteiger partial charge < -0.3 is 4.74 Å². The van der Waals surface area contributed by atoms with Crippen LogP contribution in [0.4, 0.5) is 0 Å². The zero-order valence-electron chi connectivity index (χ0n) is 16.9. The van der Waals surface area contributed by atoms with Gasteiger partial charge in [-0.1, -0.05) is 92.5 Å². The molecule has 0 bridgehead atoms. The molecule has 4 atom stereocenters. The summed E-state index contributed by atoms with van der Waals surface area (Å²) in [6.45, 7) is 1.50. The topological polar surface area (TPSA) is 77.5 Å². The Morgan fingerprint density at radius 1 is 1.06 bits per heavy atom. The number of carbonyl (C=O) groups is 2. The van der Waals surface area contributed by atoms with E-state index in [0.29, 0.717) is 11.1 Å². The van der Waals surface area contributed by atoms with Crippen molar-refractivity contribution >= 4 is 71.0 Å². The number of alkyl halides is 2. The zero-order valence-corrected chi connectivity index (χ0v) is 21.7. The van der Waals surface area contributed by atoms with Crippen molar-refractivity contribution in [3.63, 3.8) is 0 Å². The van der Waals surface area contributed by atoms with Crippen molar-refractivity contribution in [1.29, 1.82) is 0 Å². The van der Waals surface area contributed by atoms with Crippen molar-refractivity contribution in [2.24, 2.45) is 0 Å². The fourth-order valence-electron chi connectivity index (χ4n) is 3.44. The highest BCUT2D eigenvalue weighted by Gasteiger charge is 2.50. The third kappa shape index (κ3) is 6.54. The largest absolute Gasteiger partial charge is 0.485 e. The molecule has 0 aliphatic heterocycles. The van der Waals surface area contributed by atoms with Gasteiger partial charge in [0.2, 0.25) is 0 Å². The molecular formula is C22H22Br2O5S2. The number of rotatable bonds is 11. The average molecular weight is 590 g/mol. The number of hydrogen-bond donors (Lipinski definition) is 0. The number of Topliss-reactive ketones (excluding diaryl/α,β-unsaturated/α-hetero) is 2. The van der Waals surface area contributed by atoms with Gasteiger partial charge in [0.05, 0.1) is 4.83 Å². The number of ether oxygens (including phenoxy) is 1. The van der Waals surface area contributed by atoms with E-state index in [1.54, 1.807) is 60.7 Å². The Balaban J connectivity index is 2.41. The van der Waals surface area contributed by atoms with Crippen LogP contribution in [0.15, 0.2) is 60.7 Å². The van der Waals surface area contributed by atoms with Crippen LogP contribution >= 0.6 is 44.1 Å². The molecule has 166 valence electrons. The molecule has 0 aliphatic rings. The molecule has 9 heteroatoms. The number of hydrogen-bond acceptors (Lipinski definition) is 6. The molecule has 0 spiro atoms. The second kappa shape index (κ2) is 10.9. The van der Waals surface area contributed by atoms with Crippen LogP contribution in [0, 0.1) is 0 Å². The maximum absolute atomic E-state index is 13.2. The molecule has 0 radical (unpaired) electrons. The van der Waals surface area contributed by atoms with E-state index in [4.69, 9.17) is 17.0 Å². The van der Waals surface area contributed by atoms with Crippen molar-refractivity contribution in [2.45, 2.75) is 33.8 Å². The lowest BCUT2D eigenvalue weighted by Crippen LogP contribution is -2.53. The van der Waals surface area contributed by atoms with Crippen molar-refractivity contribution in [1.82, 2.24) is 0 Å². The predicted octanol–water partition coefficient (Wildman–Crippen LogP) is 4.82. The lowest BCUT2D eigenvalue weighted by Gasteiger charge is -2.35. The van der Waals surface area contributed by atoms with E-state index < -0.39 is 36.1 Å². The fraction of sp³-hybridized carbons (Fsp3) is 0.318. The lowest BCUT2D eigenvalue weighted by molar-refractivity contribution is 0.0897. The fourth-order valence-corrected chi connectivity index (χ4v) is 7.40. The van der Waals surface area contributed by atoms with E-state index in [-0.39, 0.29) is 12.2 Å². The van der Waals surface area contributed by atoms with Gasteiger partial charge >= 0.3 is 0 Å². The van der Waals surface area contributed by atoms with Crippen LogP contribution in [0.5, 0.6) is 0 Å². The van der Waals surface area contributed by atoms with Crippen LogP contribution in [0.1, 0.15) is 34.1 Å². The van der Waals surface area contributed by atoms with E-state index >= 15 is 0 Å². The van der Waals surface area contributed by atoms with Crippen LogP contribution in [0.3, 0.4) is 0 Å². The van der Waals surface area contributed by atoms with Crippen molar-refractivity contribution < 1.29 is 22.7 Å². The summed E-state index contributed by atoms with van der Waals surface area (Å²) in [5, 5.41) is -1.31. The molecule has 5 nitrogen and oxygen atoms in total. The van der Waals surface area contributed by atoms with E-state index in [1.807, 2.05) is 0 Å². The zero-order chi connectivity index (χ0) is 23.2. The van der Waals surface area contributed by atoms with Gasteiger partial charge in [-0.3, -0.25) is 9.59 Å². The summed E-state index contributed by atoms with van der Waals surface area (Å²) < 4.78 is 29.7. The molecule has 0 saturated heterocycles. The first-order valence-corrected chi connectivity index (χ1v) is 13.4. The summed E-state index contributed by atoms with van der Waals surface area (Å²) >= 11 is 11.6. The highest BCUT2D eigenvalue weighted by Crippen LogP contribution is 2.36. The molecule has 0 N–H and O–H groups in total. The van der Waals surface area contributed by atoms with Gasteiger partial charge in [-0.2, -0.15) is 0 Å².